The molecule has 2 aromatic carbocycles. The molecule has 1 aliphatic rings. The van der Waals surface area contributed by atoms with Gasteiger partial charge in [-0.05, 0) is 48.4 Å². The molecule has 0 radical (unpaired) electrons. The number of halogens is 1. The van der Waals surface area contributed by atoms with E-state index in [1.165, 1.54) is 0 Å². The van der Waals surface area contributed by atoms with Crippen LogP contribution in [0.1, 0.15) is 11.1 Å². The SMILES string of the molecule is C=C1C=Cc2cc(-c3cc(C)cc(Cl)c3)c(-c3ccccc3)nc2N1. The highest BCUT2D eigenvalue weighted by Gasteiger charge is 2.16. The first-order chi connectivity index (χ1) is 12.1. The van der Waals surface area contributed by atoms with Crippen molar-refractivity contribution in [1.29, 1.82) is 0 Å². The molecule has 4 rings (SSSR count). The Kier molecular flexibility index (Phi) is 3.90. The molecule has 25 heavy (non-hydrogen) atoms. The van der Waals surface area contributed by atoms with Crippen molar-refractivity contribution in [2.24, 2.45) is 0 Å². The van der Waals surface area contributed by atoms with Gasteiger partial charge in [0.25, 0.3) is 0 Å². The van der Waals surface area contributed by atoms with Crippen LogP contribution in [-0.2, 0) is 0 Å². The van der Waals surface area contributed by atoms with Gasteiger partial charge < -0.3 is 5.32 Å². The maximum Gasteiger partial charge on any atom is 0.138 e. The number of nitrogens with one attached hydrogen (secondary N) is 1. The third-order valence-electron chi connectivity index (χ3n) is 4.20. The molecule has 0 spiro atoms. The molecule has 0 fully saturated rings. The first kappa shape index (κ1) is 15.7. The third kappa shape index (κ3) is 3.09. The molecular weight excluding hydrogens is 328 g/mol. The van der Waals surface area contributed by atoms with E-state index in [1.807, 2.05) is 42.5 Å². The number of nitrogens with zero attached hydrogens (tertiary/aromatic N) is 1. The Morgan fingerprint density at radius 1 is 0.960 bits per heavy atom. The van der Waals surface area contributed by atoms with Crippen molar-refractivity contribution in [2.45, 2.75) is 6.92 Å². The van der Waals surface area contributed by atoms with Crippen molar-refractivity contribution < 1.29 is 0 Å². The maximum absolute atomic E-state index is 6.30. The van der Waals surface area contributed by atoms with Crippen LogP contribution in [0.4, 0.5) is 5.82 Å². The Balaban J connectivity index is 1.99. The second-order valence-corrected chi connectivity index (χ2v) is 6.63. The standard InChI is InChI=1S/C22H17ClN2/c1-14-10-18(12-19(23)11-14)20-13-17-9-8-15(2)24-22(17)25-21(20)16-6-4-3-5-7-16/h3-13H,2H2,1H3,(H,24,25). The molecule has 0 saturated carbocycles. The van der Waals surface area contributed by atoms with Crippen molar-refractivity contribution in [3.05, 3.63) is 89.1 Å². The van der Waals surface area contributed by atoms with Gasteiger partial charge in [-0.25, -0.2) is 4.98 Å². The van der Waals surface area contributed by atoms with E-state index in [0.29, 0.717) is 0 Å². The summed E-state index contributed by atoms with van der Waals surface area (Å²) in [5, 5.41) is 3.98. The smallest absolute Gasteiger partial charge is 0.138 e. The molecule has 0 aliphatic carbocycles. The predicted molar refractivity (Wildman–Crippen MR) is 107 cm³/mol. The van der Waals surface area contributed by atoms with Gasteiger partial charge in [-0.15, -0.1) is 0 Å². The van der Waals surface area contributed by atoms with Gasteiger partial charge in [0.1, 0.15) is 5.82 Å². The number of fused-ring (bicyclic) bond motifs is 1. The van der Waals surface area contributed by atoms with Crippen LogP contribution in [0.5, 0.6) is 0 Å². The number of pyridine rings is 1. The molecule has 0 amide bonds. The molecule has 0 saturated heterocycles. The lowest BCUT2D eigenvalue weighted by Gasteiger charge is -2.19. The summed E-state index contributed by atoms with van der Waals surface area (Å²) in [6.45, 7) is 6.01. The zero-order valence-corrected chi connectivity index (χ0v) is 14.6. The summed E-state index contributed by atoms with van der Waals surface area (Å²) in [4.78, 5) is 4.90. The largest absolute Gasteiger partial charge is 0.340 e. The van der Waals surface area contributed by atoms with Crippen LogP contribution in [-0.4, -0.2) is 4.98 Å². The molecule has 0 unspecified atom stereocenters. The molecule has 0 atom stereocenters. The van der Waals surface area contributed by atoms with E-state index in [0.717, 1.165) is 50.0 Å². The van der Waals surface area contributed by atoms with Crippen molar-refractivity contribution in [1.82, 2.24) is 4.98 Å². The van der Waals surface area contributed by atoms with E-state index in [2.05, 4.69) is 43.1 Å². The summed E-state index contributed by atoms with van der Waals surface area (Å²) >= 11 is 6.30. The molecule has 122 valence electrons. The van der Waals surface area contributed by atoms with E-state index >= 15 is 0 Å². The molecular formula is C22H17ClN2. The minimum Gasteiger partial charge on any atom is -0.340 e. The van der Waals surface area contributed by atoms with Crippen LogP contribution in [0.25, 0.3) is 28.5 Å². The summed E-state index contributed by atoms with van der Waals surface area (Å²) in [5.74, 6) is 0.828. The fraction of sp³-hybridized carbons (Fsp3) is 0.0455. The average molecular weight is 345 g/mol. The lowest BCUT2D eigenvalue weighted by molar-refractivity contribution is 1.27. The van der Waals surface area contributed by atoms with Crippen LogP contribution >= 0.6 is 11.6 Å². The number of rotatable bonds is 2. The fourth-order valence-electron chi connectivity index (χ4n) is 3.07. The van der Waals surface area contributed by atoms with Crippen LogP contribution in [0, 0.1) is 6.92 Å². The first-order valence-corrected chi connectivity index (χ1v) is 8.50. The Hall–Kier alpha value is -2.84. The number of benzene rings is 2. The summed E-state index contributed by atoms with van der Waals surface area (Å²) in [6.07, 6.45) is 4.00. The molecule has 3 aromatic rings. The monoisotopic (exact) mass is 344 g/mol. The van der Waals surface area contributed by atoms with Gasteiger partial charge in [-0.1, -0.05) is 54.6 Å². The zero-order chi connectivity index (χ0) is 17.4. The molecule has 1 aromatic heterocycles. The maximum atomic E-state index is 6.30. The number of aryl methyl sites for hydroxylation is 1. The molecule has 1 aliphatic heterocycles. The number of hydrogen-bond donors (Lipinski definition) is 1. The van der Waals surface area contributed by atoms with Gasteiger partial charge in [0.15, 0.2) is 0 Å². The fourth-order valence-corrected chi connectivity index (χ4v) is 3.36. The second kappa shape index (κ2) is 6.23. The van der Waals surface area contributed by atoms with E-state index in [-0.39, 0.29) is 0 Å². The number of allylic oxidation sites excluding steroid dienone is 1. The Bertz CT molecular complexity index is 984. The van der Waals surface area contributed by atoms with E-state index in [4.69, 9.17) is 16.6 Å². The Morgan fingerprint density at radius 3 is 2.52 bits per heavy atom. The summed E-state index contributed by atoms with van der Waals surface area (Å²) in [7, 11) is 0. The van der Waals surface area contributed by atoms with Gasteiger partial charge >= 0.3 is 0 Å². The average Bonchev–Trinajstić information content (AvgIpc) is 2.60. The topological polar surface area (TPSA) is 24.9 Å². The molecule has 2 heterocycles. The lowest BCUT2D eigenvalue weighted by atomic mass is 9.95. The van der Waals surface area contributed by atoms with E-state index < -0.39 is 0 Å². The molecule has 0 bridgehead atoms. The normalized spacial score (nSPS) is 12.6. The predicted octanol–water partition coefficient (Wildman–Crippen LogP) is 6.33. The van der Waals surface area contributed by atoms with E-state index in [9.17, 15) is 0 Å². The molecule has 2 nitrogen and oxygen atoms in total. The van der Waals surface area contributed by atoms with Crippen molar-refractivity contribution >= 4 is 23.5 Å². The summed E-state index contributed by atoms with van der Waals surface area (Å²) in [5.41, 5.74) is 7.13. The van der Waals surface area contributed by atoms with Crippen molar-refractivity contribution in [2.75, 3.05) is 5.32 Å². The van der Waals surface area contributed by atoms with E-state index in [1.54, 1.807) is 0 Å². The van der Waals surface area contributed by atoms with Gasteiger partial charge in [0.2, 0.25) is 0 Å². The number of hydrogen-bond acceptors (Lipinski definition) is 2. The summed E-state index contributed by atoms with van der Waals surface area (Å²) < 4.78 is 0. The lowest BCUT2D eigenvalue weighted by Crippen LogP contribution is -2.06. The molecule has 1 N–H and O–H groups in total. The minimum atomic E-state index is 0.730. The van der Waals surface area contributed by atoms with Crippen molar-refractivity contribution in [3.63, 3.8) is 0 Å². The van der Waals surface area contributed by atoms with Crippen LogP contribution in [0.3, 0.4) is 0 Å². The number of aromatic nitrogens is 1. The Labute approximate surface area is 152 Å². The van der Waals surface area contributed by atoms with Gasteiger partial charge in [0, 0.05) is 27.4 Å². The summed E-state index contributed by atoms with van der Waals surface area (Å²) in [6, 6.07) is 18.5. The van der Waals surface area contributed by atoms with Crippen LogP contribution in [0.2, 0.25) is 5.02 Å². The second-order valence-electron chi connectivity index (χ2n) is 6.19. The Morgan fingerprint density at radius 2 is 1.76 bits per heavy atom. The zero-order valence-electron chi connectivity index (χ0n) is 13.9. The van der Waals surface area contributed by atoms with Gasteiger partial charge in [-0.3, -0.25) is 0 Å². The highest BCUT2D eigenvalue weighted by Crippen LogP contribution is 2.37. The quantitative estimate of drug-likeness (QED) is 0.587. The van der Waals surface area contributed by atoms with Crippen LogP contribution in [0.15, 0.2) is 72.9 Å². The minimum absolute atomic E-state index is 0.730. The highest BCUT2D eigenvalue weighted by molar-refractivity contribution is 6.31. The first-order valence-electron chi connectivity index (χ1n) is 8.12. The third-order valence-corrected chi connectivity index (χ3v) is 4.41. The van der Waals surface area contributed by atoms with Gasteiger partial charge in [0.05, 0.1) is 5.69 Å². The van der Waals surface area contributed by atoms with Crippen molar-refractivity contribution in [3.8, 4) is 22.4 Å². The van der Waals surface area contributed by atoms with Gasteiger partial charge in [-0.2, -0.15) is 0 Å². The van der Waals surface area contributed by atoms with Crippen LogP contribution < -0.4 is 5.32 Å². The highest BCUT2D eigenvalue weighted by atomic mass is 35.5. The number of anilines is 1. The molecule has 3 heteroatoms.